The average Bonchev–Trinajstić information content (AvgIpc) is 3.58. The number of H-pyrrole nitrogens is 1. The fourth-order valence-corrected chi connectivity index (χ4v) is 5.27. The van der Waals surface area contributed by atoms with Crippen LogP contribution in [0.25, 0.3) is 22.1 Å². The van der Waals surface area contributed by atoms with Crippen LogP contribution in [0.15, 0.2) is 79.5 Å². The lowest BCUT2D eigenvalue weighted by Gasteiger charge is -2.32. The zero-order valence-electron chi connectivity index (χ0n) is 18.3. The lowest BCUT2D eigenvalue weighted by atomic mass is 10.0. The SMILES string of the molecule is O=C(c1ccc(CSc2nc3ccccc3o2)o1)N1CCC(n2c(=O)[nH]c3ccccc32)CC1. The molecule has 172 valence electrons. The number of piperidine rings is 1. The van der Waals surface area contributed by atoms with Crippen molar-refractivity contribution < 1.29 is 13.6 Å². The molecule has 0 aliphatic carbocycles. The van der Waals surface area contributed by atoms with Gasteiger partial charge in [-0.2, -0.15) is 0 Å². The molecule has 0 saturated carbocycles. The maximum absolute atomic E-state index is 13.0. The molecule has 1 saturated heterocycles. The molecule has 34 heavy (non-hydrogen) atoms. The summed E-state index contributed by atoms with van der Waals surface area (Å²) in [5, 5.41) is 0.570. The minimum absolute atomic E-state index is 0.0626. The Hall–Kier alpha value is -3.72. The van der Waals surface area contributed by atoms with E-state index in [0.717, 1.165) is 22.1 Å². The van der Waals surface area contributed by atoms with Crippen molar-refractivity contribution in [2.24, 2.45) is 0 Å². The summed E-state index contributed by atoms with van der Waals surface area (Å²) in [5.74, 6) is 1.42. The molecule has 8 nitrogen and oxygen atoms in total. The van der Waals surface area contributed by atoms with Crippen molar-refractivity contribution >= 4 is 39.8 Å². The molecule has 9 heteroatoms. The van der Waals surface area contributed by atoms with Gasteiger partial charge in [-0.1, -0.05) is 36.0 Å². The highest BCUT2D eigenvalue weighted by atomic mass is 32.2. The molecule has 0 atom stereocenters. The second kappa shape index (κ2) is 8.57. The van der Waals surface area contributed by atoms with Crippen LogP contribution in [0.4, 0.5) is 0 Å². The zero-order valence-corrected chi connectivity index (χ0v) is 19.1. The number of imidazole rings is 1. The van der Waals surface area contributed by atoms with Gasteiger partial charge in [0.25, 0.3) is 11.1 Å². The lowest BCUT2D eigenvalue weighted by molar-refractivity contribution is 0.0661. The zero-order chi connectivity index (χ0) is 23.1. The normalized spacial score (nSPS) is 14.9. The van der Waals surface area contributed by atoms with E-state index in [-0.39, 0.29) is 17.6 Å². The van der Waals surface area contributed by atoms with Crippen LogP contribution in [-0.4, -0.2) is 38.4 Å². The molecule has 6 rings (SSSR count). The number of benzene rings is 2. The Balaban J connectivity index is 1.09. The Morgan fingerprint density at radius 1 is 1.03 bits per heavy atom. The molecule has 0 bridgehead atoms. The quantitative estimate of drug-likeness (QED) is 0.366. The van der Waals surface area contributed by atoms with Gasteiger partial charge in [0, 0.05) is 19.1 Å². The van der Waals surface area contributed by atoms with Gasteiger partial charge < -0.3 is 18.7 Å². The summed E-state index contributed by atoms with van der Waals surface area (Å²) >= 11 is 1.43. The predicted octanol–water partition coefficient (Wildman–Crippen LogP) is 4.83. The molecule has 1 fully saturated rings. The fourth-order valence-electron chi connectivity index (χ4n) is 4.54. The van der Waals surface area contributed by atoms with Gasteiger partial charge in [0.05, 0.1) is 16.8 Å². The summed E-state index contributed by atoms with van der Waals surface area (Å²) in [6.45, 7) is 1.15. The molecule has 1 N–H and O–H groups in total. The van der Waals surface area contributed by atoms with Crippen LogP contribution in [0.5, 0.6) is 0 Å². The summed E-state index contributed by atoms with van der Waals surface area (Å²) in [7, 11) is 0. The highest BCUT2D eigenvalue weighted by molar-refractivity contribution is 7.98. The summed E-state index contributed by atoms with van der Waals surface area (Å²) in [5.41, 5.74) is 3.21. The van der Waals surface area contributed by atoms with Crippen LogP contribution >= 0.6 is 11.8 Å². The first-order valence-electron chi connectivity index (χ1n) is 11.2. The van der Waals surface area contributed by atoms with Crippen molar-refractivity contribution in [1.82, 2.24) is 19.4 Å². The Labute approximate surface area is 198 Å². The molecule has 4 heterocycles. The Bertz CT molecular complexity index is 1500. The van der Waals surface area contributed by atoms with Crippen molar-refractivity contribution in [3.05, 3.63) is 82.7 Å². The topological polar surface area (TPSA) is 97.3 Å². The van der Waals surface area contributed by atoms with Crippen LogP contribution in [-0.2, 0) is 5.75 Å². The van der Waals surface area contributed by atoms with Crippen molar-refractivity contribution in [2.75, 3.05) is 13.1 Å². The molecule has 0 spiro atoms. The molecule has 1 amide bonds. The van der Waals surface area contributed by atoms with E-state index in [9.17, 15) is 9.59 Å². The molecular weight excluding hydrogens is 452 g/mol. The number of aromatic nitrogens is 3. The molecule has 0 unspecified atom stereocenters. The third-order valence-electron chi connectivity index (χ3n) is 6.23. The van der Waals surface area contributed by atoms with E-state index in [1.54, 1.807) is 11.0 Å². The molecule has 3 aromatic heterocycles. The van der Waals surface area contributed by atoms with Gasteiger partial charge in [-0.15, -0.1) is 0 Å². The lowest BCUT2D eigenvalue weighted by Crippen LogP contribution is -2.40. The third kappa shape index (κ3) is 3.81. The van der Waals surface area contributed by atoms with Crippen LogP contribution in [0, 0.1) is 0 Å². The van der Waals surface area contributed by atoms with Crippen LogP contribution < -0.4 is 5.69 Å². The number of para-hydroxylation sites is 4. The standard InChI is InChI=1S/C25H22N4O4S/c30-23(22-10-9-17(32-22)15-34-25-27-19-6-2-4-8-21(19)33-25)28-13-11-16(12-14-28)29-20-7-3-1-5-18(20)26-24(29)31/h1-10,16H,11-15H2,(H,26,31). The Morgan fingerprint density at radius 3 is 2.68 bits per heavy atom. The molecule has 2 aromatic carbocycles. The van der Waals surface area contributed by atoms with E-state index in [4.69, 9.17) is 8.83 Å². The largest absolute Gasteiger partial charge is 0.455 e. The third-order valence-corrected chi connectivity index (χ3v) is 7.08. The van der Waals surface area contributed by atoms with E-state index in [1.165, 1.54) is 11.8 Å². The van der Waals surface area contributed by atoms with Gasteiger partial charge >= 0.3 is 5.69 Å². The number of hydrogen-bond acceptors (Lipinski definition) is 6. The minimum atomic E-state index is -0.122. The number of furan rings is 1. The van der Waals surface area contributed by atoms with Gasteiger partial charge in [-0.05, 0) is 49.2 Å². The molecule has 0 radical (unpaired) electrons. The second-order valence-electron chi connectivity index (χ2n) is 8.34. The second-order valence-corrected chi connectivity index (χ2v) is 9.27. The van der Waals surface area contributed by atoms with Crippen LogP contribution in [0.2, 0.25) is 0 Å². The number of likely N-dealkylation sites (tertiary alicyclic amines) is 1. The Kier molecular flexibility index (Phi) is 5.26. The number of nitrogens with one attached hydrogen (secondary N) is 1. The van der Waals surface area contributed by atoms with Gasteiger partial charge in [0.1, 0.15) is 11.3 Å². The Morgan fingerprint density at radius 2 is 1.82 bits per heavy atom. The molecule has 1 aliphatic heterocycles. The summed E-state index contributed by atoms with van der Waals surface area (Å²) in [6, 6.07) is 18.9. The first-order chi connectivity index (χ1) is 16.7. The van der Waals surface area contributed by atoms with E-state index in [1.807, 2.05) is 59.2 Å². The fraction of sp³-hybridized carbons (Fsp3) is 0.240. The predicted molar refractivity (Wildman–Crippen MR) is 129 cm³/mol. The van der Waals surface area contributed by atoms with Crippen LogP contribution in [0.3, 0.4) is 0 Å². The number of hydrogen-bond donors (Lipinski definition) is 1. The van der Waals surface area contributed by atoms with E-state index in [2.05, 4.69) is 9.97 Å². The highest BCUT2D eigenvalue weighted by Crippen LogP contribution is 2.28. The first-order valence-corrected chi connectivity index (χ1v) is 12.2. The highest BCUT2D eigenvalue weighted by Gasteiger charge is 2.28. The van der Waals surface area contributed by atoms with E-state index < -0.39 is 0 Å². The smallest absolute Gasteiger partial charge is 0.326 e. The van der Waals surface area contributed by atoms with Gasteiger partial charge in [0.15, 0.2) is 11.3 Å². The monoisotopic (exact) mass is 474 g/mol. The number of rotatable bonds is 5. The van der Waals surface area contributed by atoms with E-state index >= 15 is 0 Å². The number of fused-ring (bicyclic) bond motifs is 2. The number of aromatic amines is 1. The average molecular weight is 475 g/mol. The first kappa shape index (κ1) is 20.9. The minimum Gasteiger partial charge on any atom is -0.455 e. The molecular formula is C25H22N4O4S. The van der Waals surface area contributed by atoms with Gasteiger partial charge in [-0.25, -0.2) is 9.78 Å². The summed E-state index contributed by atoms with van der Waals surface area (Å²) < 4.78 is 13.4. The maximum Gasteiger partial charge on any atom is 0.326 e. The van der Waals surface area contributed by atoms with Crippen molar-refractivity contribution in [1.29, 1.82) is 0 Å². The maximum atomic E-state index is 13.0. The van der Waals surface area contributed by atoms with Crippen molar-refractivity contribution in [3.8, 4) is 0 Å². The molecule has 5 aromatic rings. The van der Waals surface area contributed by atoms with E-state index in [0.29, 0.717) is 48.4 Å². The van der Waals surface area contributed by atoms with Crippen LogP contribution in [0.1, 0.15) is 35.2 Å². The number of thioether (sulfide) groups is 1. The summed E-state index contributed by atoms with van der Waals surface area (Å²) in [6.07, 6.45) is 1.43. The molecule has 1 aliphatic rings. The number of carbonyl (C=O) groups excluding carboxylic acids is 1. The van der Waals surface area contributed by atoms with Crippen molar-refractivity contribution in [3.63, 3.8) is 0 Å². The van der Waals surface area contributed by atoms with Gasteiger partial charge in [-0.3, -0.25) is 9.36 Å². The summed E-state index contributed by atoms with van der Waals surface area (Å²) in [4.78, 5) is 34.7. The number of oxazole rings is 1. The number of nitrogens with zero attached hydrogens (tertiary/aromatic N) is 3. The van der Waals surface area contributed by atoms with Gasteiger partial charge in [0.2, 0.25) is 0 Å². The number of amides is 1. The number of carbonyl (C=O) groups is 1. The van der Waals surface area contributed by atoms with Crippen molar-refractivity contribution in [2.45, 2.75) is 29.9 Å².